The highest BCUT2D eigenvalue weighted by atomic mass is 35.5. The van der Waals surface area contributed by atoms with Crippen LogP contribution in [0.2, 0.25) is 5.02 Å². The molecule has 28 heavy (non-hydrogen) atoms. The predicted octanol–water partition coefficient (Wildman–Crippen LogP) is -2.15. The van der Waals surface area contributed by atoms with E-state index in [1.807, 2.05) is 0 Å². The van der Waals surface area contributed by atoms with Gasteiger partial charge in [0.05, 0.1) is 11.6 Å². The molecule has 2 aromatic heterocycles. The number of halogens is 1. The van der Waals surface area contributed by atoms with Gasteiger partial charge in [-0.3, -0.25) is 4.79 Å². The number of aliphatic hydroxyl groups excluding tert-OH is 1. The van der Waals surface area contributed by atoms with Crippen LogP contribution in [0.25, 0.3) is 11.1 Å². The number of rotatable bonds is 8. The van der Waals surface area contributed by atoms with Crippen molar-refractivity contribution in [3.05, 3.63) is 35.2 Å². The molecular formula is C15H17B2ClN4O6. The molecule has 0 aliphatic rings. The molecule has 0 fully saturated rings. The molecule has 0 aliphatic heterocycles. The number of amides is 1. The van der Waals surface area contributed by atoms with E-state index in [0.29, 0.717) is 11.1 Å². The molecule has 0 bridgehead atoms. The summed E-state index contributed by atoms with van der Waals surface area (Å²) in [5.41, 5.74) is -5.10. The Hall–Kier alpha value is -2.08. The van der Waals surface area contributed by atoms with E-state index in [1.54, 1.807) is 0 Å². The van der Waals surface area contributed by atoms with Crippen LogP contribution in [0.3, 0.4) is 0 Å². The fourth-order valence-corrected chi connectivity index (χ4v) is 2.57. The van der Waals surface area contributed by atoms with Gasteiger partial charge in [0.1, 0.15) is 28.9 Å². The number of H-pyrrole nitrogens is 1. The molecule has 0 spiro atoms. The smallest absolute Gasteiger partial charge is 0.267 e. The van der Waals surface area contributed by atoms with Gasteiger partial charge in [-0.05, 0) is 12.1 Å². The quantitative estimate of drug-likeness (QED) is 0.181. The number of carbonyl (C=O) groups excluding carboxylic acids is 1. The van der Waals surface area contributed by atoms with Gasteiger partial charge in [0.15, 0.2) is 15.7 Å². The van der Waals surface area contributed by atoms with Crippen LogP contribution in [0.4, 0.5) is 5.82 Å². The van der Waals surface area contributed by atoms with Crippen molar-refractivity contribution in [2.24, 2.45) is 0 Å². The van der Waals surface area contributed by atoms with Crippen LogP contribution in [0.5, 0.6) is 0 Å². The molecule has 0 saturated carbocycles. The van der Waals surface area contributed by atoms with Gasteiger partial charge in [-0.1, -0.05) is 11.6 Å². The highest BCUT2D eigenvalue weighted by Crippen LogP contribution is 2.30. The molecule has 0 aromatic carbocycles. The lowest BCUT2D eigenvalue weighted by Gasteiger charge is -2.37. The summed E-state index contributed by atoms with van der Waals surface area (Å²) in [7, 11) is 10.2. The summed E-state index contributed by atoms with van der Waals surface area (Å²) in [6, 6.07) is 0.810. The average molecular weight is 406 g/mol. The van der Waals surface area contributed by atoms with Gasteiger partial charge in [-0.2, -0.15) is 0 Å². The number of anilines is 1. The maximum atomic E-state index is 11.9. The molecule has 13 heteroatoms. The molecule has 2 heterocycles. The van der Waals surface area contributed by atoms with Crippen molar-refractivity contribution in [2.45, 2.75) is 17.4 Å². The Labute approximate surface area is 167 Å². The van der Waals surface area contributed by atoms with Crippen molar-refractivity contribution < 1.29 is 30.3 Å². The van der Waals surface area contributed by atoms with Gasteiger partial charge in [0, 0.05) is 30.1 Å². The molecule has 10 nitrogen and oxygen atoms in total. The van der Waals surface area contributed by atoms with Gasteiger partial charge >= 0.3 is 0 Å². The summed E-state index contributed by atoms with van der Waals surface area (Å²) in [6.45, 7) is -0.118. The maximum absolute atomic E-state index is 11.9. The van der Waals surface area contributed by atoms with Crippen molar-refractivity contribution in [3.8, 4) is 11.1 Å². The first-order valence-electron chi connectivity index (χ1n) is 7.90. The highest BCUT2D eigenvalue weighted by molar-refractivity contribution is 6.33. The molecule has 2 aromatic rings. The third-order valence-electron chi connectivity index (χ3n) is 3.63. The number of carbonyl (C=O) groups is 1. The second kappa shape index (κ2) is 8.52. The van der Waals surface area contributed by atoms with Crippen LogP contribution in [0, 0.1) is 0 Å². The van der Waals surface area contributed by atoms with Gasteiger partial charge in [0.25, 0.3) is 5.91 Å². The average Bonchev–Trinajstić information content (AvgIpc) is 3.06. The first kappa shape index (κ1) is 22.2. The third-order valence-corrected chi connectivity index (χ3v) is 3.93. The standard InChI is InChI=1S/C15H17B2ClN4O6/c16-14(25,26)13(15(17,27)28)22-11-4-8(9(18)6-21-11)7-3-10(20-5-7)12(24)19-1-2-23/h3-6,13,20,23,25-28H,1-2H2,(H,19,24)(H,21,22). The van der Waals surface area contributed by atoms with Crippen molar-refractivity contribution in [1.29, 1.82) is 0 Å². The second-order valence-corrected chi connectivity index (χ2v) is 6.38. The predicted molar refractivity (Wildman–Crippen MR) is 102 cm³/mol. The fourth-order valence-electron chi connectivity index (χ4n) is 2.36. The maximum Gasteiger partial charge on any atom is 0.267 e. The molecular weight excluding hydrogens is 389 g/mol. The molecule has 0 saturated heterocycles. The van der Waals surface area contributed by atoms with Gasteiger partial charge < -0.3 is 41.2 Å². The summed E-state index contributed by atoms with van der Waals surface area (Å²) in [5, 5.41) is 51.7. The van der Waals surface area contributed by atoms with Crippen LogP contribution in [0.15, 0.2) is 24.5 Å². The number of nitrogens with zero attached hydrogens (tertiary/aromatic N) is 1. The number of nitrogens with one attached hydrogen (secondary N) is 3. The van der Waals surface area contributed by atoms with E-state index in [0.717, 1.165) is 0 Å². The van der Waals surface area contributed by atoms with E-state index >= 15 is 0 Å². The minimum Gasteiger partial charge on any atom is -0.395 e. The lowest BCUT2D eigenvalue weighted by atomic mass is 9.75. The Kier molecular flexibility index (Phi) is 6.75. The molecule has 4 radical (unpaired) electrons. The Morgan fingerprint density at radius 1 is 1.25 bits per heavy atom. The first-order valence-corrected chi connectivity index (χ1v) is 8.28. The molecule has 0 aliphatic carbocycles. The van der Waals surface area contributed by atoms with Crippen molar-refractivity contribution in [1.82, 2.24) is 15.3 Å². The van der Waals surface area contributed by atoms with E-state index in [1.165, 1.54) is 24.5 Å². The van der Waals surface area contributed by atoms with Crippen molar-refractivity contribution in [2.75, 3.05) is 18.5 Å². The summed E-state index contributed by atoms with van der Waals surface area (Å²) in [6.07, 6.45) is 2.71. The summed E-state index contributed by atoms with van der Waals surface area (Å²) in [5.74, 6) is -0.501. The molecule has 0 atom stereocenters. The van der Waals surface area contributed by atoms with Gasteiger partial charge in [-0.25, -0.2) is 4.98 Å². The largest absolute Gasteiger partial charge is 0.395 e. The minimum absolute atomic E-state index is 0.0623. The van der Waals surface area contributed by atoms with Crippen LogP contribution < -0.4 is 10.6 Å². The first-order chi connectivity index (χ1) is 12.9. The lowest BCUT2D eigenvalue weighted by Crippen LogP contribution is -2.61. The zero-order valence-corrected chi connectivity index (χ0v) is 15.2. The number of aliphatic hydroxyl groups is 5. The van der Waals surface area contributed by atoms with Gasteiger partial charge in [0.2, 0.25) is 0 Å². The number of pyridine rings is 1. The normalized spacial score (nSPS) is 12.2. The summed E-state index contributed by atoms with van der Waals surface area (Å²) < 4.78 is 0. The van der Waals surface area contributed by atoms with Crippen LogP contribution in [-0.2, 0) is 0 Å². The topological polar surface area (TPSA) is 171 Å². The van der Waals surface area contributed by atoms with Gasteiger partial charge in [-0.15, -0.1) is 0 Å². The zero-order valence-electron chi connectivity index (χ0n) is 14.4. The number of aromatic nitrogens is 2. The third kappa shape index (κ3) is 5.47. The minimum atomic E-state index is -3.09. The Morgan fingerprint density at radius 3 is 2.46 bits per heavy atom. The van der Waals surface area contributed by atoms with E-state index in [2.05, 4.69) is 20.6 Å². The van der Waals surface area contributed by atoms with E-state index in [9.17, 15) is 25.2 Å². The summed E-state index contributed by atoms with van der Waals surface area (Å²) in [4.78, 5) is 18.6. The molecule has 2 rings (SSSR count). The number of aromatic amines is 1. The van der Waals surface area contributed by atoms with E-state index < -0.39 is 23.3 Å². The van der Waals surface area contributed by atoms with Crippen molar-refractivity contribution in [3.63, 3.8) is 0 Å². The fraction of sp³-hybridized carbons (Fsp3) is 0.333. The highest BCUT2D eigenvalue weighted by Gasteiger charge is 2.41. The number of hydrogen-bond donors (Lipinski definition) is 8. The molecule has 146 valence electrons. The Morgan fingerprint density at radius 2 is 1.89 bits per heavy atom. The number of hydrogen-bond acceptors (Lipinski definition) is 8. The molecule has 8 N–H and O–H groups in total. The second-order valence-electron chi connectivity index (χ2n) is 5.97. The van der Waals surface area contributed by atoms with E-state index in [4.69, 9.17) is 32.4 Å². The van der Waals surface area contributed by atoms with Crippen LogP contribution in [0.1, 0.15) is 10.5 Å². The van der Waals surface area contributed by atoms with E-state index in [-0.39, 0.29) is 29.7 Å². The van der Waals surface area contributed by atoms with Crippen molar-refractivity contribution >= 4 is 39.0 Å². The summed E-state index contributed by atoms with van der Waals surface area (Å²) >= 11 is 6.13. The van der Waals surface area contributed by atoms with Crippen LogP contribution >= 0.6 is 11.6 Å². The molecule has 0 unspecified atom stereocenters. The Bertz CT molecular complexity index is 823. The zero-order chi connectivity index (χ0) is 21.1. The monoisotopic (exact) mass is 406 g/mol. The lowest BCUT2D eigenvalue weighted by molar-refractivity contribution is -0.187. The Balaban J connectivity index is 2.31. The van der Waals surface area contributed by atoms with Crippen LogP contribution in [-0.4, -0.2) is 87.7 Å². The molecule has 1 amide bonds. The SMILES string of the molecule is [B]C(O)(O)C(Nc1cc(-c2c[nH]c(C(=O)NCCO)c2)c(Cl)cn1)C([B])(O)O.